The minimum Gasteiger partial charge on any atom is -0.497 e. The number of methoxy groups -OCH3 is 1. The first-order chi connectivity index (χ1) is 12.6. The first kappa shape index (κ1) is 18.2. The molecule has 0 aliphatic carbocycles. The van der Waals surface area contributed by atoms with Gasteiger partial charge in [-0.15, -0.1) is 0 Å². The third kappa shape index (κ3) is 3.95. The molecule has 26 heavy (non-hydrogen) atoms. The maximum atomic E-state index is 13.8. The zero-order valence-electron chi connectivity index (χ0n) is 14.1. The molecule has 3 rings (SSSR count). The predicted octanol–water partition coefficient (Wildman–Crippen LogP) is 3.90. The van der Waals surface area contributed by atoms with Gasteiger partial charge in [0.05, 0.1) is 29.9 Å². The predicted molar refractivity (Wildman–Crippen MR) is 99.9 cm³/mol. The fourth-order valence-corrected chi connectivity index (χ4v) is 2.57. The Bertz CT molecular complexity index is 923. The molecule has 0 amide bonds. The van der Waals surface area contributed by atoms with E-state index in [2.05, 4.69) is 15.3 Å². The summed E-state index contributed by atoms with van der Waals surface area (Å²) < 4.78 is 24.7. The van der Waals surface area contributed by atoms with E-state index in [0.717, 1.165) is 5.39 Å². The van der Waals surface area contributed by atoms with E-state index in [0.29, 0.717) is 48.1 Å². The van der Waals surface area contributed by atoms with Gasteiger partial charge in [-0.05, 0) is 31.2 Å². The fourth-order valence-electron chi connectivity index (χ4n) is 2.40. The van der Waals surface area contributed by atoms with E-state index in [-0.39, 0.29) is 5.02 Å². The highest BCUT2D eigenvalue weighted by Crippen LogP contribution is 2.34. The van der Waals surface area contributed by atoms with Crippen LogP contribution in [0, 0.1) is 5.82 Å². The van der Waals surface area contributed by atoms with Gasteiger partial charge in [0, 0.05) is 17.5 Å². The lowest BCUT2D eigenvalue weighted by Gasteiger charge is -2.15. The number of nitrogens with two attached hydrogens (primary N) is 1. The van der Waals surface area contributed by atoms with Crippen molar-refractivity contribution in [3.63, 3.8) is 0 Å². The van der Waals surface area contributed by atoms with Crippen molar-refractivity contribution in [3.05, 3.63) is 47.5 Å². The Labute approximate surface area is 155 Å². The molecule has 0 bridgehead atoms. The molecule has 0 radical (unpaired) electrons. The average Bonchev–Trinajstić information content (AvgIpc) is 2.65. The van der Waals surface area contributed by atoms with E-state index < -0.39 is 5.82 Å². The van der Waals surface area contributed by atoms with Crippen molar-refractivity contribution < 1.29 is 13.9 Å². The molecule has 6 nitrogen and oxygen atoms in total. The normalized spacial score (nSPS) is 10.8. The van der Waals surface area contributed by atoms with Crippen LogP contribution >= 0.6 is 11.6 Å². The number of benzene rings is 2. The summed E-state index contributed by atoms with van der Waals surface area (Å²) in [5.41, 5.74) is 6.69. The van der Waals surface area contributed by atoms with Gasteiger partial charge in [-0.2, -0.15) is 0 Å². The quantitative estimate of drug-likeness (QED) is 0.608. The standard InChI is InChI=1S/C18H18ClFN4O2/c1-25-11-3-4-12-15(7-11)22-10-23-18(12)24-16-8-13(19)14(20)9-17(16)26-6-2-5-21/h3-4,7-10H,2,5-6,21H2,1H3,(H,22,23,24). The Morgan fingerprint density at radius 1 is 1.23 bits per heavy atom. The molecule has 3 N–H and O–H groups in total. The Balaban J connectivity index is 1.97. The third-order valence-corrected chi connectivity index (χ3v) is 4.01. The summed E-state index contributed by atoms with van der Waals surface area (Å²) in [6, 6.07) is 8.17. The Kier molecular flexibility index (Phi) is 5.70. The number of hydrogen-bond acceptors (Lipinski definition) is 6. The van der Waals surface area contributed by atoms with Crippen LogP contribution in [0.25, 0.3) is 10.9 Å². The van der Waals surface area contributed by atoms with Crippen LogP contribution in [0.3, 0.4) is 0 Å². The highest BCUT2D eigenvalue weighted by Gasteiger charge is 2.13. The Hall–Kier alpha value is -2.64. The number of fused-ring (bicyclic) bond motifs is 1. The summed E-state index contributed by atoms with van der Waals surface area (Å²) in [6.45, 7) is 0.852. The Morgan fingerprint density at radius 3 is 2.85 bits per heavy atom. The van der Waals surface area contributed by atoms with Crippen molar-refractivity contribution >= 4 is 34.0 Å². The number of rotatable bonds is 7. The molecule has 1 aromatic heterocycles. The van der Waals surface area contributed by atoms with Crippen LogP contribution in [0.5, 0.6) is 11.5 Å². The number of nitrogens with zero attached hydrogens (tertiary/aromatic N) is 2. The van der Waals surface area contributed by atoms with Crippen LogP contribution in [0.1, 0.15) is 6.42 Å². The molecule has 1 heterocycles. The smallest absolute Gasteiger partial charge is 0.145 e. The van der Waals surface area contributed by atoms with Gasteiger partial charge in [-0.1, -0.05) is 11.6 Å². The lowest BCUT2D eigenvalue weighted by Crippen LogP contribution is -2.07. The van der Waals surface area contributed by atoms with E-state index in [1.807, 2.05) is 12.1 Å². The molecule has 0 atom stereocenters. The summed E-state index contributed by atoms with van der Waals surface area (Å²) in [5, 5.41) is 3.91. The first-order valence-corrected chi connectivity index (χ1v) is 8.38. The largest absolute Gasteiger partial charge is 0.497 e. The maximum Gasteiger partial charge on any atom is 0.145 e. The van der Waals surface area contributed by atoms with Gasteiger partial charge >= 0.3 is 0 Å². The fraction of sp³-hybridized carbons (Fsp3) is 0.222. The maximum absolute atomic E-state index is 13.8. The second-order valence-electron chi connectivity index (χ2n) is 5.48. The summed E-state index contributed by atoms with van der Waals surface area (Å²) in [6.07, 6.45) is 2.09. The monoisotopic (exact) mass is 376 g/mol. The number of aromatic nitrogens is 2. The number of anilines is 2. The van der Waals surface area contributed by atoms with E-state index in [4.69, 9.17) is 26.8 Å². The van der Waals surface area contributed by atoms with Crippen LogP contribution in [0.15, 0.2) is 36.7 Å². The van der Waals surface area contributed by atoms with Crippen LogP contribution in [0.4, 0.5) is 15.9 Å². The molecule has 0 fully saturated rings. The molecule has 0 aliphatic rings. The van der Waals surface area contributed by atoms with Crippen molar-refractivity contribution in [2.24, 2.45) is 5.73 Å². The number of halogens is 2. The average molecular weight is 377 g/mol. The molecular weight excluding hydrogens is 359 g/mol. The second-order valence-corrected chi connectivity index (χ2v) is 5.89. The number of ether oxygens (including phenoxy) is 2. The van der Waals surface area contributed by atoms with Crippen LogP contribution < -0.4 is 20.5 Å². The molecule has 0 saturated carbocycles. The highest BCUT2D eigenvalue weighted by molar-refractivity contribution is 6.31. The lowest BCUT2D eigenvalue weighted by molar-refractivity contribution is 0.313. The zero-order valence-corrected chi connectivity index (χ0v) is 14.9. The zero-order chi connectivity index (χ0) is 18.5. The van der Waals surface area contributed by atoms with Crippen molar-refractivity contribution in [3.8, 4) is 11.5 Å². The van der Waals surface area contributed by atoms with Crippen molar-refractivity contribution in [2.45, 2.75) is 6.42 Å². The molecule has 136 valence electrons. The minimum atomic E-state index is -0.558. The van der Waals surface area contributed by atoms with Gasteiger partial charge in [-0.3, -0.25) is 0 Å². The topological polar surface area (TPSA) is 82.3 Å². The summed E-state index contributed by atoms with van der Waals surface area (Å²) in [7, 11) is 1.59. The molecule has 0 saturated heterocycles. The minimum absolute atomic E-state index is 0.0151. The van der Waals surface area contributed by atoms with E-state index in [1.54, 1.807) is 13.2 Å². The summed E-state index contributed by atoms with van der Waals surface area (Å²) in [4.78, 5) is 8.52. The van der Waals surface area contributed by atoms with Crippen LogP contribution in [0.2, 0.25) is 5.02 Å². The second kappa shape index (κ2) is 8.16. The molecule has 8 heteroatoms. The van der Waals surface area contributed by atoms with Crippen molar-refractivity contribution in [1.82, 2.24) is 9.97 Å². The molecule has 0 spiro atoms. The third-order valence-electron chi connectivity index (χ3n) is 3.73. The van der Waals surface area contributed by atoms with Crippen molar-refractivity contribution in [2.75, 3.05) is 25.6 Å². The highest BCUT2D eigenvalue weighted by atomic mass is 35.5. The summed E-state index contributed by atoms with van der Waals surface area (Å²) in [5.74, 6) is 1.01. The van der Waals surface area contributed by atoms with Crippen molar-refractivity contribution in [1.29, 1.82) is 0 Å². The SMILES string of the molecule is COc1ccc2c(Nc3cc(Cl)c(F)cc3OCCCN)ncnc2c1. The van der Waals surface area contributed by atoms with Crippen LogP contribution in [-0.2, 0) is 0 Å². The van der Waals surface area contributed by atoms with Crippen LogP contribution in [-0.4, -0.2) is 30.2 Å². The first-order valence-electron chi connectivity index (χ1n) is 8.00. The lowest BCUT2D eigenvalue weighted by atomic mass is 10.2. The van der Waals surface area contributed by atoms with Gasteiger partial charge in [0.1, 0.15) is 29.5 Å². The number of hydrogen-bond donors (Lipinski definition) is 2. The van der Waals surface area contributed by atoms with Gasteiger partial charge in [0.25, 0.3) is 0 Å². The summed E-state index contributed by atoms with van der Waals surface area (Å²) >= 11 is 5.93. The van der Waals surface area contributed by atoms with E-state index in [9.17, 15) is 4.39 Å². The Morgan fingerprint density at radius 2 is 2.08 bits per heavy atom. The molecule has 3 aromatic rings. The van der Waals surface area contributed by atoms with Gasteiger partial charge in [0.15, 0.2) is 0 Å². The molecule has 0 aliphatic heterocycles. The molecular formula is C18H18ClFN4O2. The number of nitrogens with one attached hydrogen (secondary N) is 1. The van der Waals surface area contributed by atoms with Gasteiger partial charge < -0.3 is 20.5 Å². The molecule has 0 unspecified atom stereocenters. The van der Waals surface area contributed by atoms with E-state index >= 15 is 0 Å². The van der Waals surface area contributed by atoms with Gasteiger partial charge in [0.2, 0.25) is 0 Å². The van der Waals surface area contributed by atoms with Gasteiger partial charge in [-0.25, -0.2) is 14.4 Å². The van der Waals surface area contributed by atoms with E-state index in [1.165, 1.54) is 18.5 Å². The molecule has 2 aromatic carbocycles.